The summed E-state index contributed by atoms with van der Waals surface area (Å²) < 4.78 is 18.5. The number of ether oxygens (including phenoxy) is 1. The average Bonchev–Trinajstić information content (AvgIpc) is 2.78. The van der Waals surface area contributed by atoms with Gasteiger partial charge in [-0.25, -0.2) is 9.18 Å². The van der Waals surface area contributed by atoms with Crippen molar-refractivity contribution in [3.05, 3.63) is 54.3 Å². The Morgan fingerprint density at radius 3 is 2.32 bits per heavy atom. The fourth-order valence-corrected chi connectivity index (χ4v) is 3.24. The lowest BCUT2D eigenvalue weighted by atomic mass is 9.98. The summed E-state index contributed by atoms with van der Waals surface area (Å²) in [6.07, 6.45) is 3.70. The van der Waals surface area contributed by atoms with Crippen LogP contribution in [-0.4, -0.2) is 32.1 Å². The number of methoxy groups -OCH3 is 1. The predicted molar refractivity (Wildman–Crippen MR) is 122 cm³/mol. The molecule has 0 fully saturated rings. The highest BCUT2D eigenvalue weighted by Gasteiger charge is 2.19. The molecule has 168 valence electrons. The van der Waals surface area contributed by atoms with Gasteiger partial charge in [0.25, 0.3) is 0 Å². The summed E-state index contributed by atoms with van der Waals surface area (Å²) in [6.45, 7) is 4.66. The van der Waals surface area contributed by atoms with Crippen LogP contribution >= 0.6 is 0 Å². The summed E-state index contributed by atoms with van der Waals surface area (Å²) in [5.74, 6) is 0.289. The largest absolute Gasteiger partial charge is 0.497 e. The number of unbranched alkanes of at least 4 members (excludes halogenated alkanes) is 1. The minimum Gasteiger partial charge on any atom is -0.497 e. The first-order valence-corrected chi connectivity index (χ1v) is 10.7. The number of halogens is 1. The number of nitrogens with zero attached hydrogens (tertiary/aromatic N) is 1. The van der Waals surface area contributed by atoms with Gasteiger partial charge in [-0.2, -0.15) is 0 Å². The molecule has 0 aromatic heterocycles. The Kier molecular flexibility index (Phi) is 9.81. The van der Waals surface area contributed by atoms with Gasteiger partial charge < -0.3 is 15.4 Å². The van der Waals surface area contributed by atoms with E-state index in [1.807, 2.05) is 6.92 Å². The van der Waals surface area contributed by atoms with E-state index in [-0.39, 0.29) is 30.2 Å². The van der Waals surface area contributed by atoms with Crippen LogP contribution in [0.3, 0.4) is 0 Å². The molecular weight excluding hydrogens is 397 g/mol. The van der Waals surface area contributed by atoms with Crippen LogP contribution in [0.1, 0.15) is 39.5 Å². The van der Waals surface area contributed by atoms with Gasteiger partial charge in [0.1, 0.15) is 11.6 Å². The van der Waals surface area contributed by atoms with Crippen molar-refractivity contribution in [2.24, 2.45) is 5.92 Å². The van der Waals surface area contributed by atoms with Crippen molar-refractivity contribution < 1.29 is 18.7 Å². The van der Waals surface area contributed by atoms with Gasteiger partial charge >= 0.3 is 6.03 Å². The number of rotatable bonds is 11. The number of carbonyl (C=O) groups excluding carboxylic acids is 2. The molecule has 0 heterocycles. The van der Waals surface area contributed by atoms with Gasteiger partial charge in [0, 0.05) is 30.4 Å². The van der Waals surface area contributed by atoms with Gasteiger partial charge in [0.2, 0.25) is 5.91 Å². The molecule has 2 aromatic carbocycles. The average molecular weight is 430 g/mol. The van der Waals surface area contributed by atoms with Crippen LogP contribution in [-0.2, 0) is 4.79 Å². The van der Waals surface area contributed by atoms with Crippen LogP contribution in [0.15, 0.2) is 48.5 Å². The van der Waals surface area contributed by atoms with E-state index in [9.17, 15) is 14.0 Å². The molecule has 2 N–H and O–H groups in total. The third kappa shape index (κ3) is 7.59. The Labute approximate surface area is 183 Å². The number of carbonyl (C=O) groups is 2. The van der Waals surface area contributed by atoms with E-state index in [1.54, 1.807) is 43.5 Å². The Hall–Kier alpha value is -3.09. The highest BCUT2D eigenvalue weighted by Crippen LogP contribution is 2.19. The molecule has 6 nitrogen and oxygen atoms in total. The molecule has 0 saturated carbocycles. The Morgan fingerprint density at radius 1 is 1.06 bits per heavy atom. The molecule has 1 atom stereocenters. The van der Waals surface area contributed by atoms with Crippen molar-refractivity contribution >= 4 is 23.3 Å². The zero-order valence-electron chi connectivity index (χ0n) is 18.5. The van der Waals surface area contributed by atoms with E-state index in [1.165, 1.54) is 17.0 Å². The molecule has 2 rings (SSSR count). The van der Waals surface area contributed by atoms with Crippen LogP contribution in [0.2, 0.25) is 0 Å². The second kappa shape index (κ2) is 12.6. The standard InChI is InChI=1S/C24H32FN3O3/c1-4-6-7-18(5-2)23(29)26-16-17-28(21-12-8-19(25)9-13-21)24(30)27-20-10-14-22(31-3)15-11-20/h8-15,18H,4-7,16-17H2,1-3H3,(H,26,29)(H,27,30). The number of nitrogens with one attached hydrogen (secondary N) is 2. The number of amides is 3. The van der Waals surface area contributed by atoms with Gasteiger partial charge in [-0.15, -0.1) is 0 Å². The van der Waals surface area contributed by atoms with Crippen LogP contribution in [0.5, 0.6) is 5.75 Å². The Bertz CT molecular complexity index is 825. The van der Waals surface area contributed by atoms with Crippen LogP contribution < -0.4 is 20.3 Å². The monoisotopic (exact) mass is 429 g/mol. The summed E-state index contributed by atoms with van der Waals surface area (Å²) in [7, 11) is 1.57. The molecule has 0 aliphatic rings. The quantitative estimate of drug-likeness (QED) is 0.515. The normalized spacial score (nSPS) is 11.5. The molecule has 0 saturated heterocycles. The molecule has 2 aromatic rings. The molecule has 0 bridgehead atoms. The number of benzene rings is 2. The van der Waals surface area contributed by atoms with E-state index in [4.69, 9.17) is 4.74 Å². The zero-order valence-corrected chi connectivity index (χ0v) is 18.5. The third-order valence-corrected chi connectivity index (χ3v) is 5.13. The van der Waals surface area contributed by atoms with Crippen molar-refractivity contribution in [2.75, 3.05) is 30.4 Å². The summed E-state index contributed by atoms with van der Waals surface area (Å²) in [4.78, 5) is 26.9. The highest BCUT2D eigenvalue weighted by atomic mass is 19.1. The predicted octanol–water partition coefficient (Wildman–Crippen LogP) is 5.21. The maximum atomic E-state index is 13.4. The van der Waals surface area contributed by atoms with Crippen molar-refractivity contribution in [3.8, 4) is 5.75 Å². The molecular formula is C24H32FN3O3. The van der Waals surface area contributed by atoms with Crippen molar-refractivity contribution in [1.82, 2.24) is 5.32 Å². The molecule has 0 radical (unpaired) electrons. The molecule has 3 amide bonds. The zero-order chi connectivity index (χ0) is 22.6. The highest BCUT2D eigenvalue weighted by molar-refractivity contribution is 6.01. The minimum absolute atomic E-state index is 0.00516. The number of anilines is 2. The molecule has 31 heavy (non-hydrogen) atoms. The summed E-state index contributed by atoms with van der Waals surface area (Å²) >= 11 is 0. The number of hydrogen-bond donors (Lipinski definition) is 2. The van der Waals surface area contributed by atoms with E-state index >= 15 is 0 Å². The maximum Gasteiger partial charge on any atom is 0.326 e. The first-order chi connectivity index (χ1) is 15.0. The number of urea groups is 1. The fourth-order valence-electron chi connectivity index (χ4n) is 3.24. The first-order valence-electron chi connectivity index (χ1n) is 10.7. The third-order valence-electron chi connectivity index (χ3n) is 5.13. The fraction of sp³-hybridized carbons (Fsp3) is 0.417. The van der Waals surface area contributed by atoms with Crippen LogP contribution in [0.4, 0.5) is 20.6 Å². The topological polar surface area (TPSA) is 70.7 Å². The van der Waals surface area contributed by atoms with E-state index < -0.39 is 0 Å². The second-order valence-corrected chi connectivity index (χ2v) is 7.33. The van der Waals surface area contributed by atoms with Gasteiger partial charge in [0.05, 0.1) is 7.11 Å². The van der Waals surface area contributed by atoms with Gasteiger partial charge in [-0.1, -0.05) is 26.7 Å². The summed E-state index contributed by atoms with van der Waals surface area (Å²) in [5, 5.41) is 5.77. The summed E-state index contributed by atoms with van der Waals surface area (Å²) in [5.41, 5.74) is 1.15. The van der Waals surface area contributed by atoms with Gasteiger partial charge in [-0.3, -0.25) is 9.69 Å². The maximum absolute atomic E-state index is 13.4. The van der Waals surface area contributed by atoms with E-state index in [0.29, 0.717) is 23.7 Å². The SMILES string of the molecule is CCCCC(CC)C(=O)NCCN(C(=O)Nc1ccc(OC)cc1)c1ccc(F)cc1. The lowest BCUT2D eigenvalue weighted by molar-refractivity contribution is -0.125. The van der Waals surface area contributed by atoms with Gasteiger partial charge in [-0.05, 0) is 61.4 Å². The van der Waals surface area contributed by atoms with Crippen LogP contribution in [0, 0.1) is 11.7 Å². The van der Waals surface area contributed by atoms with E-state index in [0.717, 1.165) is 25.7 Å². The van der Waals surface area contributed by atoms with Crippen molar-refractivity contribution in [2.45, 2.75) is 39.5 Å². The second-order valence-electron chi connectivity index (χ2n) is 7.33. The van der Waals surface area contributed by atoms with Crippen molar-refractivity contribution in [1.29, 1.82) is 0 Å². The van der Waals surface area contributed by atoms with Crippen molar-refractivity contribution in [3.63, 3.8) is 0 Å². The lowest BCUT2D eigenvalue weighted by Gasteiger charge is -2.24. The van der Waals surface area contributed by atoms with Crippen LogP contribution in [0.25, 0.3) is 0 Å². The van der Waals surface area contributed by atoms with E-state index in [2.05, 4.69) is 17.6 Å². The summed E-state index contributed by atoms with van der Waals surface area (Å²) in [6, 6.07) is 12.3. The Balaban J connectivity index is 2.05. The number of hydrogen-bond acceptors (Lipinski definition) is 3. The van der Waals surface area contributed by atoms with Gasteiger partial charge in [0.15, 0.2) is 0 Å². The first kappa shape index (κ1) is 24.2. The minimum atomic E-state index is -0.380. The molecule has 1 unspecified atom stereocenters. The molecule has 0 spiro atoms. The lowest BCUT2D eigenvalue weighted by Crippen LogP contribution is -2.42. The molecule has 7 heteroatoms. The Morgan fingerprint density at radius 2 is 1.74 bits per heavy atom. The molecule has 0 aliphatic carbocycles. The smallest absolute Gasteiger partial charge is 0.326 e. The molecule has 0 aliphatic heterocycles.